The van der Waals surface area contributed by atoms with Crippen molar-refractivity contribution in [2.45, 2.75) is 111 Å². The average Bonchev–Trinajstić information content (AvgIpc) is 2.79. The van der Waals surface area contributed by atoms with Gasteiger partial charge in [0.15, 0.2) is 0 Å². The molecule has 1 aromatic rings. The summed E-state index contributed by atoms with van der Waals surface area (Å²) < 4.78 is 5.37. The Hall–Kier alpha value is -3.10. The zero-order chi connectivity index (χ0) is 28.3. The number of alkyl carbamates (subject to hydrolysis) is 1. The van der Waals surface area contributed by atoms with E-state index in [0.717, 1.165) is 29.5 Å². The Morgan fingerprint density at radius 1 is 1.08 bits per heavy atom. The largest absolute Gasteiger partial charge is 0.444 e. The van der Waals surface area contributed by atoms with Crippen molar-refractivity contribution < 1.29 is 23.9 Å². The first-order chi connectivity index (χ1) is 17.2. The lowest BCUT2D eigenvalue weighted by Gasteiger charge is -2.39. The van der Waals surface area contributed by atoms with Crippen LogP contribution >= 0.6 is 0 Å². The highest BCUT2D eigenvalue weighted by Crippen LogP contribution is 2.31. The Morgan fingerprint density at radius 3 is 2.16 bits per heavy atom. The molecule has 9 heteroatoms. The normalized spacial score (nSPS) is 13.7. The predicted molar refractivity (Wildman–Crippen MR) is 145 cm³/mol. The lowest BCUT2D eigenvalue weighted by atomic mass is 9.92. The number of nitrogens with one attached hydrogen (secondary N) is 2. The third-order valence-corrected chi connectivity index (χ3v) is 6.16. The van der Waals surface area contributed by atoms with Crippen LogP contribution in [0.1, 0.15) is 96.4 Å². The van der Waals surface area contributed by atoms with Gasteiger partial charge in [0, 0.05) is 19.0 Å². The summed E-state index contributed by atoms with van der Waals surface area (Å²) in [4.78, 5) is 53.6. The summed E-state index contributed by atoms with van der Waals surface area (Å²) in [5, 5.41) is 5.62. The van der Waals surface area contributed by atoms with Gasteiger partial charge >= 0.3 is 6.09 Å². The summed E-state index contributed by atoms with van der Waals surface area (Å²) in [6.07, 6.45) is 1.38. The van der Waals surface area contributed by atoms with Crippen LogP contribution in [0.15, 0.2) is 18.2 Å². The Bertz CT molecular complexity index is 921. The molecule has 0 saturated carbocycles. The predicted octanol–water partition coefficient (Wildman–Crippen LogP) is 4.05. The fraction of sp³-hybridized carbons (Fsp3) is 0.643. The fourth-order valence-corrected chi connectivity index (χ4v) is 4.11. The van der Waals surface area contributed by atoms with Gasteiger partial charge in [-0.3, -0.25) is 14.4 Å². The van der Waals surface area contributed by atoms with E-state index in [1.165, 1.54) is 0 Å². The van der Waals surface area contributed by atoms with Gasteiger partial charge in [0.1, 0.15) is 17.7 Å². The number of hydrogen-bond donors (Lipinski definition) is 3. The van der Waals surface area contributed by atoms with Crippen molar-refractivity contribution in [1.29, 1.82) is 0 Å². The lowest BCUT2D eigenvalue weighted by Crippen LogP contribution is -2.56. The molecule has 4 amide bonds. The molecular weight excluding hydrogens is 472 g/mol. The number of ether oxygens (including phenoxy) is 1. The molecule has 3 unspecified atom stereocenters. The molecule has 0 spiro atoms. The van der Waals surface area contributed by atoms with Crippen LogP contribution in [0.4, 0.5) is 4.79 Å². The SMILES string of the molecule is CCCCNC(=O)C(c1c(C)cccc1C)N(C(=O)C(CCC(N)=O)NC(=O)OC(C)(C)C)C(C)CC. The van der Waals surface area contributed by atoms with Crippen molar-refractivity contribution in [2.24, 2.45) is 5.73 Å². The van der Waals surface area contributed by atoms with Gasteiger partial charge < -0.3 is 26.0 Å². The number of nitrogens with two attached hydrogens (primary N) is 1. The quantitative estimate of drug-likeness (QED) is 0.339. The van der Waals surface area contributed by atoms with Gasteiger partial charge in [-0.1, -0.05) is 38.5 Å². The second-order valence-corrected chi connectivity index (χ2v) is 10.6. The van der Waals surface area contributed by atoms with Crippen molar-refractivity contribution in [1.82, 2.24) is 15.5 Å². The number of unbranched alkanes of at least 4 members (excludes halogenated alkanes) is 1. The highest BCUT2D eigenvalue weighted by molar-refractivity contribution is 5.93. The zero-order valence-corrected chi connectivity index (χ0v) is 23.8. The number of aryl methyl sites for hydroxylation is 2. The molecule has 9 nitrogen and oxygen atoms in total. The van der Waals surface area contributed by atoms with Gasteiger partial charge in [0.2, 0.25) is 17.7 Å². The summed E-state index contributed by atoms with van der Waals surface area (Å²) in [7, 11) is 0. The van der Waals surface area contributed by atoms with E-state index in [0.29, 0.717) is 13.0 Å². The lowest BCUT2D eigenvalue weighted by molar-refractivity contribution is -0.145. The number of primary amides is 1. The van der Waals surface area contributed by atoms with Crippen molar-refractivity contribution in [2.75, 3.05) is 6.54 Å². The molecule has 208 valence electrons. The maximum absolute atomic E-state index is 14.2. The summed E-state index contributed by atoms with van der Waals surface area (Å²) in [5.74, 6) is -1.35. The highest BCUT2D eigenvalue weighted by atomic mass is 16.6. The number of benzene rings is 1. The molecule has 0 fully saturated rings. The molecule has 4 N–H and O–H groups in total. The minimum Gasteiger partial charge on any atom is -0.444 e. The van der Waals surface area contributed by atoms with Crippen molar-refractivity contribution in [3.05, 3.63) is 34.9 Å². The maximum atomic E-state index is 14.2. The Kier molecular flexibility index (Phi) is 12.6. The van der Waals surface area contributed by atoms with Crippen LogP contribution in [0, 0.1) is 13.8 Å². The van der Waals surface area contributed by atoms with Crippen LogP contribution in [0.5, 0.6) is 0 Å². The van der Waals surface area contributed by atoms with Crippen LogP contribution in [0.3, 0.4) is 0 Å². The molecule has 0 aromatic heterocycles. The Balaban J connectivity index is 3.60. The number of amides is 4. The van der Waals surface area contributed by atoms with Crippen LogP contribution < -0.4 is 16.4 Å². The first kappa shape index (κ1) is 31.9. The number of nitrogens with zero attached hydrogens (tertiary/aromatic N) is 1. The second kappa shape index (κ2) is 14.6. The summed E-state index contributed by atoms with van der Waals surface area (Å²) in [5.41, 5.74) is 7.10. The molecule has 0 aliphatic carbocycles. The van der Waals surface area contributed by atoms with E-state index >= 15 is 0 Å². The molecule has 0 saturated heterocycles. The van der Waals surface area contributed by atoms with E-state index in [4.69, 9.17) is 10.5 Å². The van der Waals surface area contributed by atoms with Crippen LogP contribution in [-0.2, 0) is 19.1 Å². The summed E-state index contributed by atoms with van der Waals surface area (Å²) in [6, 6.07) is 3.37. The molecule has 0 aliphatic rings. The van der Waals surface area contributed by atoms with Crippen LogP contribution in [0.25, 0.3) is 0 Å². The molecule has 1 aromatic carbocycles. The van der Waals surface area contributed by atoms with Crippen molar-refractivity contribution in [3.63, 3.8) is 0 Å². The van der Waals surface area contributed by atoms with E-state index in [1.54, 1.807) is 25.7 Å². The first-order valence-electron chi connectivity index (χ1n) is 13.2. The minimum atomic E-state index is -1.10. The molecule has 0 bridgehead atoms. The standard InChI is InChI=1S/C28H46N4O5/c1-9-11-17-30-25(34)24(23-18(3)13-12-14-19(23)4)32(20(5)10-2)26(35)21(15-16-22(29)33)31-27(36)37-28(6,7)8/h12-14,20-21,24H,9-11,15-17H2,1-8H3,(H2,29,33)(H,30,34)(H,31,36). The summed E-state index contributed by atoms with van der Waals surface area (Å²) >= 11 is 0. The van der Waals surface area contributed by atoms with Gasteiger partial charge in [0.25, 0.3) is 0 Å². The Labute approximate surface area is 221 Å². The van der Waals surface area contributed by atoms with Crippen LogP contribution in [-0.4, -0.2) is 52.9 Å². The topological polar surface area (TPSA) is 131 Å². The third kappa shape index (κ3) is 10.1. The smallest absolute Gasteiger partial charge is 0.408 e. The second-order valence-electron chi connectivity index (χ2n) is 10.6. The minimum absolute atomic E-state index is 0.0166. The van der Waals surface area contributed by atoms with E-state index in [9.17, 15) is 19.2 Å². The zero-order valence-electron chi connectivity index (χ0n) is 23.8. The monoisotopic (exact) mass is 518 g/mol. The molecule has 3 atom stereocenters. The molecular formula is C28H46N4O5. The molecule has 37 heavy (non-hydrogen) atoms. The van der Waals surface area contributed by atoms with Gasteiger partial charge in [-0.05, 0) is 77.5 Å². The number of rotatable bonds is 13. The highest BCUT2D eigenvalue weighted by Gasteiger charge is 2.39. The first-order valence-corrected chi connectivity index (χ1v) is 13.2. The Morgan fingerprint density at radius 2 is 1.68 bits per heavy atom. The van der Waals surface area contributed by atoms with E-state index in [-0.39, 0.29) is 24.8 Å². The third-order valence-electron chi connectivity index (χ3n) is 6.16. The van der Waals surface area contributed by atoms with Gasteiger partial charge in [-0.15, -0.1) is 0 Å². The van der Waals surface area contributed by atoms with E-state index in [2.05, 4.69) is 10.6 Å². The molecule has 0 heterocycles. The van der Waals surface area contributed by atoms with Crippen LogP contribution in [0.2, 0.25) is 0 Å². The maximum Gasteiger partial charge on any atom is 0.408 e. The van der Waals surface area contributed by atoms with Gasteiger partial charge in [-0.2, -0.15) is 0 Å². The van der Waals surface area contributed by atoms with Crippen molar-refractivity contribution in [3.8, 4) is 0 Å². The molecule has 0 aliphatic heterocycles. The average molecular weight is 519 g/mol. The van der Waals surface area contributed by atoms with E-state index < -0.39 is 35.6 Å². The molecule has 1 rings (SSSR count). The number of carbonyl (C=O) groups excluding carboxylic acids is 4. The number of carbonyl (C=O) groups is 4. The van der Waals surface area contributed by atoms with Gasteiger partial charge in [-0.25, -0.2) is 4.79 Å². The molecule has 0 radical (unpaired) electrons. The van der Waals surface area contributed by atoms with Gasteiger partial charge in [0.05, 0.1) is 0 Å². The summed E-state index contributed by atoms with van der Waals surface area (Å²) in [6.45, 7) is 15.3. The van der Waals surface area contributed by atoms with E-state index in [1.807, 2.05) is 52.8 Å². The number of hydrogen-bond acceptors (Lipinski definition) is 5. The fourth-order valence-electron chi connectivity index (χ4n) is 4.11. The van der Waals surface area contributed by atoms with Crippen molar-refractivity contribution >= 4 is 23.8 Å².